The zero-order chi connectivity index (χ0) is 44.7. The van der Waals surface area contributed by atoms with Gasteiger partial charge in [0.15, 0.2) is 0 Å². The summed E-state index contributed by atoms with van der Waals surface area (Å²) in [5.74, 6) is 0. The second-order valence-corrected chi connectivity index (χ2v) is 18.6. The van der Waals surface area contributed by atoms with Gasteiger partial charge in [0.1, 0.15) is 0 Å². The fourth-order valence-corrected chi connectivity index (χ4v) is 10.7. The van der Waals surface area contributed by atoms with Gasteiger partial charge in [0.2, 0.25) is 0 Å². The van der Waals surface area contributed by atoms with Gasteiger partial charge in [0.25, 0.3) is 0 Å². The third-order valence-corrected chi connectivity index (χ3v) is 14.8. The Kier molecular flexibility index (Phi) is 9.55. The van der Waals surface area contributed by atoms with Crippen molar-refractivity contribution in [3.8, 4) is 33.4 Å². The normalized spacial score (nSPS) is 12.7. The maximum absolute atomic E-state index is 2.48. The Bertz CT molecular complexity index is 3060. The fraction of sp³-hybridized carbons (Fsp3) is 0.143. The van der Waals surface area contributed by atoms with Crippen molar-refractivity contribution in [2.75, 3.05) is 9.80 Å². The van der Waals surface area contributed by atoms with Crippen molar-refractivity contribution < 1.29 is 0 Å². The van der Waals surface area contributed by atoms with Crippen molar-refractivity contribution in [3.05, 3.63) is 249 Å². The van der Waals surface area contributed by atoms with Crippen LogP contribution in [0.15, 0.2) is 182 Å². The third kappa shape index (κ3) is 6.30. The van der Waals surface area contributed by atoms with Crippen LogP contribution in [0.4, 0.5) is 34.1 Å². The van der Waals surface area contributed by atoms with Gasteiger partial charge in [-0.05, 0) is 228 Å². The molecular weight excluding hydrogens is 785 g/mol. The molecule has 0 aliphatic heterocycles. The minimum Gasteiger partial charge on any atom is -0.310 e. The fourth-order valence-electron chi connectivity index (χ4n) is 10.7. The Labute approximate surface area is 385 Å². The molecule has 0 saturated heterocycles. The molecule has 0 radical (unpaired) electrons. The molecule has 0 bridgehead atoms. The van der Waals surface area contributed by atoms with Crippen LogP contribution in [0.2, 0.25) is 0 Å². The van der Waals surface area contributed by atoms with Crippen molar-refractivity contribution in [3.63, 3.8) is 0 Å². The highest BCUT2D eigenvalue weighted by Gasteiger charge is 2.50. The molecule has 0 atom stereocenters. The summed E-state index contributed by atoms with van der Waals surface area (Å²) >= 11 is 0. The van der Waals surface area contributed by atoms with Crippen LogP contribution >= 0.6 is 0 Å². The quantitative estimate of drug-likeness (QED) is 0.165. The monoisotopic (exact) mass is 838 g/mol. The van der Waals surface area contributed by atoms with Crippen molar-refractivity contribution in [2.24, 2.45) is 0 Å². The van der Waals surface area contributed by atoms with Gasteiger partial charge in [0, 0.05) is 34.1 Å². The van der Waals surface area contributed by atoms with E-state index in [1.807, 2.05) is 0 Å². The summed E-state index contributed by atoms with van der Waals surface area (Å²) in [6.45, 7) is 17.7. The average molecular weight is 839 g/mol. The number of hydrogen-bond acceptors (Lipinski definition) is 2. The van der Waals surface area contributed by atoms with Gasteiger partial charge in [-0.3, -0.25) is 0 Å². The van der Waals surface area contributed by atoms with Gasteiger partial charge in [-0.1, -0.05) is 109 Å². The first kappa shape index (κ1) is 40.4. The zero-order valence-corrected chi connectivity index (χ0v) is 38.7. The molecule has 0 heterocycles. The first-order chi connectivity index (χ1) is 31.5. The predicted octanol–water partition coefficient (Wildman–Crippen LogP) is 17.1. The molecule has 0 saturated carbocycles. The smallest absolute Gasteiger partial charge is 0.0725 e. The SMILES string of the molecule is Cc1ccc(N(c2ccc(C)c(C)c2)c2ccc3c(c2)-c2cc(N(c4ccc(C)c(C)c4)c4ccc(C)c(C)c4)ccc2C32c3ccccc3-c3ccccc3-c3ccccc32)cc1C. The summed E-state index contributed by atoms with van der Waals surface area (Å²) in [5.41, 5.74) is 29.2. The highest BCUT2D eigenvalue weighted by Crippen LogP contribution is 2.62. The van der Waals surface area contributed by atoms with Gasteiger partial charge in [0.05, 0.1) is 5.41 Å². The molecule has 0 N–H and O–H groups in total. The van der Waals surface area contributed by atoms with E-state index in [9.17, 15) is 0 Å². The molecule has 9 aromatic rings. The van der Waals surface area contributed by atoms with E-state index in [2.05, 4.69) is 247 Å². The highest BCUT2D eigenvalue weighted by molar-refractivity contribution is 5.99. The van der Waals surface area contributed by atoms with Crippen molar-refractivity contribution in [2.45, 2.75) is 60.8 Å². The van der Waals surface area contributed by atoms with E-state index in [-0.39, 0.29) is 0 Å². The Balaban J connectivity index is 1.24. The number of fused-ring (bicyclic) bond motifs is 12. The lowest BCUT2D eigenvalue weighted by Crippen LogP contribution is -2.29. The molecule has 0 fully saturated rings. The summed E-state index contributed by atoms with van der Waals surface area (Å²) in [6.07, 6.45) is 0. The van der Waals surface area contributed by atoms with E-state index < -0.39 is 5.41 Å². The number of anilines is 6. The number of hydrogen-bond donors (Lipinski definition) is 0. The third-order valence-electron chi connectivity index (χ3n) is 14.8. The van der Waals surface area contributed by atoms with Crippen LogP contribution in [0.1, 0.15) is 66.8 Å². The summed E-state index contributed by atoms with van der Waals surface area (Å²) in [6, 6.07) is 69.4. The maximum Gasteiger partial charge on any atom is 0.0725 e. The lowest BCUT2D eigenvalue weighted by molar-refractivity contribution is 0.775. The molecule has 0 unspecified atom stereocenters. The van der Waals surface area contributed by atoms with Gasteiger partial charge in [-0.15, -0.1) is 0 Å². The van der Waals surface area contributed by atoms with E-state index in [1.54, 1.807) is 0 Å². The van der Waals surface area contributed by atoms with Crippen LogP contribution in [0.3, 0.4) is 0 Å². The topological polar surface area (TPSA) is 6.48 Å². The first-order valence-corrected chi connectivity index (χ1v) is 23.0. The molecule has 2 nitrogen and oxygen atoms in total. The molecule has 2 aliphatic carbocycles. The summed E-state index contributed by atoms with van der Waals surface area (Å²) in [5, 5.41) is 0. The molecule has 65 heavy (non-hydrogen) atoms. The second-order valence-electron chi connectivity index (χ2n) is 18.6. The van der Waals surface area contributed by atoms with Crippen LogP contribution < -0.4 is 9.80 Å². The van der Waals surface area contributed by atoms with Gasteiger partial charge in [-0.25, -0.2) is 0 Å². The molecule has 11 rings (SSSR count). The number of nitrogens with zero attached hydrogens (tertiary/aromatic N) is 2. The van der Waals surface area contributed by atoms with Crippen molar-refractivity contribution in [1.29, 1.82) is 0 Å². The largest absolute Gasteiger partial charge is 0.310 e. The first-order valence-electron chi connectivity index (χ1n) is 23.0. The van der Waals surface area contributed by atoms with E-state index in [4.69, 9.17) is 0 Å². The van der Waals surface area contributed by atoms with Crippen LogP contribution in [-0.2, 0) is 5.41 Å². The highest BCUT2D eigenvalue weighted by atomic mass is 15.1. The molecule has 9 aromatic carbocycles. The molecule has 316 valence electrons. The Morgan fingerprint density at radius 3 is 0.815 bits per heavy atom. The van der Waals surface area contributed by atoms with Crippen LogP contribution in [0, 0.1) is 55.4 Å². The number of rotatable bonds is 6. The molecular formula is C63H54N2. The van der Waals surface area contributed by atoms with Crippen LogP contribution in [-0.4, -0.2) is 0 Å². The standard InChI is InChI=1S/C63H54N2/c1-39-21-25-47(33-43(39)5)64(48-26-22-40(2)44(6)34-48)51-29-31-61-57(37-51)58-38-52(65(49-27-23-41(3)45(7)35-49)50-28-24-42(4)46(8)36-50)30-32-62(58)63(61)59-19-13-11-17-55(59)53-15-9-10-16-54(53)56-18-12-14-20-60(56)63/h9-38H,1-8H3. The summed E-state index contributed by atoms with van der Waals surface area (Å²) in [7, 11) is 0. The van der Waals surface area contributed by atoms with E-state index >= 15 is 0 Å². The average Bonchev–Trinajstić information content (AvgIpc) is 3.54. The number of aryl methyl sites for hydroxylation is 8. The lowest BCUT2D eigenvalue weighted by Gasteiger charge is -2.36. The Hall–Kier alpha value is -7.42. The molecule has 2 aliphatic rings. The Morgan fingerprint density at radius 1 is 0.231 bits per heavy atom. The van der Waals surface area contributed by atoms with Crippen molar-refractivity contribution >= 4 is 34.1 Å². The molecule has 0 amide bonds. The molecule has 1 spiro atoms. The summed E-state index contributed by atoms with van der Waals surface area (Å²) < 4.78 is 0. The maximum atomic E-state index is 2.48. The zero-order valence-electron chi connectivity index (χ0n) is 38.7. The van der Waals surface area contributed by atoms with E-state index in [1.165, 1.54) is 100 Å². The lowest BCUT2D eigenvalue weighted by atomic mass is 9.66. The second kappa shape index (κ2) is 15.4. The van der Waals surface area contributed by atoms with Crippen LogP contribution in [0.25, 0.3) is 33.4 Å². The Morgan fingerprint density at radius 2 is 0.492 bits per heavy atom. The minimum absolute atomic E-state index is 0.606. The van der Waals surface area contributed by atoms with E-state index in [0.717, 1.165) is 34.1 Å². The predicted molar refractivity (Wildman–Crippen MR) is 275 cm³/mol. The number of benzene rings is 9. The van der Waals surface area contributed by atoms with Crippen molar-refractivity contribution in [1.82, 2.24) is 0 Å². The van der Waals surface area contributed by atoms with E-state index in [0.29, 0.717) is 0 Å². The minimum atomic E-state index is -0.606. The van der Waals surface area contributed by atoms with Gasteiger partial charge >= 0.3 is 0 Å². The van der Waals surface area contributed by atoms with Gasteiger partial charge < -0.3 is 9.80 Å². The van der Waals surface area contributed by atoms with Crippen LogP contribution in [0.5, 0.6) is 0 Å². The molecule has 2 heteroatoms. The van der Waals surface area contributed by atoms with Gasteiger partial charge in [-0.2, -0.15) is 0 Å². The molecule has 0 aromatic heterocycles. The summed E-state index contributed by atoms with van der Waals surface area (Å²) in [4.78, 5) is 4.91.